The van der Waals surface area contributed by atoms with Crippen LogP contribution >= 0.6 is 0 Å². The predicted octanol–water partition coefficient (Wildman–Crippen LogP) is 7.51. The lowest BCUT2D eigenvalue weighted by Crippen LogP contribution is -2.37. The van der Waals surface area contributed by atoms with Gasteiger partial charge in [0.2, 0.25) is 0 Å². The van der Waals surface area contributed by atoms with Crippen LogP contribution in [-0.2, 0) is 0 Å². The van der Waals surface area contributed by atoms with Gasteiger partial charge in [-0.25, -0.2) is 0 Å². The summed E-state index contributed by atoms with van der Waals surface area (Å²) in [5, 5.41) is 10.9. The Morgan fingerprint density at radius 2 is 1.29 bits per heavy atom. The van der Waals surface area contributed by atoms with Crippen LogP contribution in [0, 0.1) is 17.8 Å². The second-order valence-corrected chi connectivity index (χ2v) is 9.03. The van der Waals surface area contributed by atoms with Crippen molar-refractivity contribution in [3.05, 3.63) is 0 Å². The first-order valence-electron chi connectivity index (χ1n) is 11.2. The zero-order chi connectivity index (χ0) is 17.8. The summed E-state index contributed by atoms with van der Waals surface area (Å²) in [4.78, 5) is 0. The molecule has 2 atom stereocenters. The molecule has 0 amide bonds. The number of aliphatic hydroxyl groups is 1. The van der Waals surface area contributed by atoms with Crippen molar-refractivity contribution in [2.24, 2.45) is 17.8 Å². The van der Waals surface area contributed by atoms with Crippen LogP contribution < -0.4 is 0 Å². The summed E-state index contributed by atoms with van der Waals surface area (Å²) in [6.45, 7) is 9.08. The van der Waals surface area contributed by atoms with Crippen molar-refractivity contribution in [1.82, 2.24) is 0 Å². The molecule has 0 radical (unpaired) electrons. The van der Waals surface area contributed by atoms with Crippen molar-refractivity contribution in [1.29, 1.82) is 0 Å². The molecule has 0 aromatic heterocycles. The van der Waals surface area contributed by atoms with E-state index in [1.807, 2.05) is 0 Å². The quantitative estimate of drug-likeness (QED) is 0.289. The van der Waals surface area contributed by atoms with Gasteiger partial charge in [-0.3, -0.25) is 0 Å². The van der Waals surface area contributed by atoms with Crippen LogP contribution in [0.25, 0.3) is 0 Å². The standard InChI is InChI=1S/C23H46O/c1-5-6-7-8-9-10-11-12-13-14-15-21(4)18-19-23(24,20(2)3)22-16-17-22/h20-22,24H,5-19H2,1-4H3. The van der Waals surface area contributed by atoms with Gasteiger partial charge in [-0.2, -0.15) is 0 Å². The Balaban J connectivity index is 1.95. The molecule has 1 fully saturated rings. The van der Waals surface area contributed by atoms with Crippen LogP contribution in [0.5, 0.6) is 0 Å². The molecule has 0 saturated heterocycles. The van der Waals surface area contributed by atoms with Crippen molar-refractivity contribution in [2.75, 3.05) is 0 Å². The molecule has 0 heterocycles. The number of hydrogen-bond acceptors (Lipinski definition) is 1. The Bertz CT molecular complexity index is 290. The Hall–Kier alpha value is -0.0400. The molecule has 1 rings (SSSR count). The topological polar surface area (TPSA) is 20.2 Å². The molecule has 0 spiro atoms. The van der Waals surface area contributed by atoms with Gasteiger partial charge in [0.15, 0.2) is 0 Å². The average molecular weight is 339 g/mol. The molecule has 0 bridgehead atoms. The highest BCUT2D eigenvalue weighted by Crippen LogP contribution is 2.46. The first-order valence-corrected chi connectivity index (χ1v) is 11.2. The van der Waals surface area contributed by atoms with Crippen molar-refractivity contribution in [3.8, 4) is 0 Å². The Kier molecular flexibility index (Phi) is 11.3. The van der Waals surface area contributed by atoms with E-state index >= 15 is 0 Å². The van der Waals surface area contributed by atoms with Crippen LogP contribution in [-0.4, -0.2) is 10.7 Å². The zero-order valence-corrected chi connectivity index (χ0v) is 17.3. The molecule has 1 heteroatoms. The van der Waals surface area contributed by atoms with Gasteiger partial charge in [0.05, 0.1) is 5.60 Å². The van der Waals surface area contributed by atoms with Crippen LogP contribution in [0.3, 0.4) is 0 Å². The summed E-state index contributed by atoms with van der Waals surface area (Å²) in [5.74, 6) is 1.79. The molecule has 0 aromatic rings. The van der Waals surface area contributed by atoms with Gasteiger partial charge in [-0.15, -0.1) is 0 Å². The van der Waals surface area contributed by atoms with Crippen molar-refractivity contribution >= 4 is 0 Å². The number of hydrogen-bond donors (Lipinski definition) is 1. The van der Waals surface area contributed by atoms with Gasteiger partial charge in [0.25, 0.3) is 0 Å². The molecule has 24 heavy (non-hydrogen) atoms. The largest absolute Gasteiger partial charge is 0.389 e. The Morgan fingerprint density at radius 3 is 1.75 bits per heavy atom. The van der Waals surface area contributed by atoms with Crippen molar-refractivity contribution in [2.45, 2.75) is 130 Å². The van der Waals surface area contributed by atoms with E-state index in [9.17, 15) is 5.11 Å². The van der Waals surface area contributed by atoms with Gasteiger partial charge < -0.3 is 5.11 Å². The summed E-state index contributed by atoms with van der Waals surface area (Å²) in [5.41, 5.74) is -0.369. The maximum Gasteiger partial charge on any atom is 0.0698 e. The lowest BCUT2D eigenvalue weighted by atomic mass is 9.79. The van der Waals surface area contributed by atoms with Gasteiger partial charge in [0.1, 0.15) is 0 Å². The summed E-state index contributed by atoms with van der Waals surface area (Å²) < 4.78 is 0. The molecule has 0 aliphatic heterocycles. The van der Waals surface area contributed by atoms with E-state index in [-0.39, 0.29) is 5.60 Å². The van der Waals surface area contributed by atoms with Crippen LogP contribution in [0.15, 0.2) is 0 Å². The molecule has 0 aromatic carbocycles. The lowest BCUT2D eigenvalue weighted by Gasteiger charge is -2.33. The Morgan fingerprint density at radius 1 is 0.792 bits per heavy atom. The van der Waals surface area contributed by atoms with Crippen molar-refractivity contribution in [3.63, 3.8) is 0 Å². The van der Waals surface area contributed by atoms with E-state index in [1.54, 1.807) is 0 Å². The minimum absolute atomic E-state index is 0.369. The molecule has 2 unspecified atom stereocenters. The Labute approximate surface area is 153 Å². The highest BCUT2D eigenvalue weighted by atomic mass is 16.3. The number of unbranched alkanes of at least 4 members (excludes halogenated alkanes) is 9. The molecule has 1 aliphatic carbocycles. The van der Waals surface area contributed by atoms with Crippen molar-refractivity contribution < 1.29 is 5.11 Å². The summed E-state index contributed by atoms with van der Waals surface area (Å²) in [6.07, 6.45) is 20.3. The third-order valence-electron chi connectivity index (χ3n) is 6.37. The summed E-state index contributed by atoms with van der Waals surface area (Å²) in [7, 11) is 0. The van der Waals surface area contributed by atoms with Gasteiger partial charge in [0, 0.05) is 0 Å². The first kappa shape index (κ1) is 22.0. The van der Waals surface area contributed by atoms with E-state index in [0.717, 1.165) is 12.3 Å². The van der Waals surface area contributed by atoms with Gasteiger partial charge >= 0.3 is 0 Å². The second kappa shape index (κ2) is 12.3. The third kappa shape index (κ3) is 8.88. The SMILES string of the molecule is CCCCCCCCCCCCC(C)CCC(O)(C(C)C)C1CC1. The van der Waals surface area contributed by atoms with E-state index in [0.29, 0.717) is 11.8 Å². The highest BCUT2D eigenvalue weighted by molar-refractivity contribution is 4.96. The van der Waals surface area contributed by atoms with E-state index in [4.69, 9.17) is 0 Å². The minimum Gasteiger partial charge on any atom is -0.389 e. The second-order valence-electron chi connectivity index (χ2n) is 9.03. The van der Waals surface area contributed by atoms with Crippen LogP contribution in [0.2, 0.25) is 0 Å². The molecule has 144 valence electrons. The van der Waals surface area contributed by atoms with Gasteiger partial charge in [-0.1, -0.05) is 98.3 Å². The van der Waals surface area contributed by atoms with Crippen LogP contribution in [0.4, 0.5) is 0 Å². The molecule has 1 N–H and O–H groups in total. The third-order valence-corrected chi connectivity index (χ3v) is 6.37. The summed E-state index contributed by atoms with van der Waals surface area (Å²) >= 11 is 0. The van der Waals surface area contributed by atoms with E-state index in [2.05, 4.69) is 27.7 Å². The zero-order valence-electron chi connectivity index (χ0n) is 17.3. The fourth-order valence-corrected chi connectivity index (χ4v) is 4.15. The minimum atomic E-state index is -0.369. The fourth-order valence-electron chi connectivity index (χ4n) is 4.15. The monoisotopic (exact) mass is 338 g/mol. The maximum atomic E-state index is 10.9. The number of rotatable bonds is 16. The smallest absolute Gasteiger partial charge is 0.0698 e. The van der Waals surface area contributed by atoms with Gasteiger partial charge in [-0.05, 0) is 43.4 Å². The molecular weight excluding hydrogens is 292 g/mol. The van der Waals surface area contributed by atoms with E-state index in [1.165, 1.54) is 89.9 Å². The average Bonchev–Trinajstić information content (AvgIpc) is 3.39. The molecule has 1 aliphatic rings. The molecular formula is C23H46O. The molecule has 1 nitrogen and oxygen atoms in total. The predicted molar refractivity (Wildman–Crippen MR) is 107 cm³/mol. The summed E-state index contributed by atoms with van der Waals surface area (Å²) in [6, 6.07) is 0. The molecule has 1 saturated carbocycles. The normalized spacial score (nSPS) is 18.8. The highest BCUT2D eigenvalue weighted by Gasteiger charge is 2.45. The maximum absolute atomic E-state index is 10.9. The lowest BCUT2D eigenvalue weighted by molar-refractivity contribution is -0.0384. The fraction of sp³-hybridized carbons (Fsp3) is 1.00. The van der Waals surface area contributed by atoms with Crippen LogP contribution in [0.1, 0.15) is 124 Å². The first-order chi connectivity index (χ1) is 11.5. The van der Waals surface area contributed by atoms with E-state index < -0.39 is 0 Å².